The number of aryl methyl sites for hydroxylation is 1. The van der Waals surface area contributed by atoms with Gasteiger partial charge in [-0.05, 0) is 25.2 Å². The molecular formula is C14H17ClF2N4O. The Labute approximate surface area is 133 Å². The molecule has 1 atom stereocenters. The summed E-state index contributed by atoms with van der Waals surface area (Å²) < 4.78 is 28.1. The zero-order valence-electron chi connectivity index (χ0n) is 12.1. The van der Waals surface area contributed by atoms with Crippen LogP contribution in [0.25, 0.3) is 0 Å². The molecule has 0 radical (unpaired) electrons. The molecule has 0 aliphatic carbocycles. The number of carbonyl (C=O) groups is 1. The summed E-state index contributed by atoms with van der Waals surface area (Å²) in [6, 6.07) is 2.53. The van der Waals surface area contributed by atoms with Gasteiger partial charge in [0.05, 0.1) is 6.20 Å². The van der Waals surface area contributed by atoms with Crippen molar-refractivity contribution in [1.82, 2.24) is 20.4 Å². The lowest BCUT2D eigenvalue weighted by Gasteiger charge is -2.14. The van der Waals surface area contributed by atoms with Crippen LogP contribution in [0.1, 0.15) is 17.2 Å². The van der Waals surface area contributed by atoms with E-state index in [9.17, 15) is 13.6 Å². The molecule has 0 aliphatic heterocycles. The molecule has 2 aromatic rings. The first-order valence-electron chi connectivity index (χ1n) is 6.38. The maximum absolute atomic E-state index is 13.5. The average molecular weight is 331 g/mol. The van der Waals surface area contributed by atoms with Gasteiger partial charge < -0.3 is 10.6 Å². The smallest absolute Gasteiger partial charge is 0.242 e. The topological polar surface area (TPSA) is 59.0 Å². The second-order valence-electron chi connectivity index (χ2n) is 4.62. The molecule has 1 aromatic carbocycles. The molecule has 5 nitrogen and oxygen atoms in total. The Kier molecular flexibility index (Phi) is 6.45. The largest absolute Gasteiger partial charge is 0.350 e. The third-order valence-corrected chi connectivity index (χ3v) is 3.07. The summed E-state index contributed by atoms with van der Waals surface area (Å²) in [5, 5.41) is 9.44. The van der Waals surface area contributed by atoms with Crippen LogP contribution in [0.5, 0.6) is 0 Å². The van der Waals surface area contributed by atoms with Crippen LogP contribution in [0, 0.1) is 11.6 Å². The van der Waals surface area contributed by atoms with E-state index in [1.165, 1.54) is 0 Å². The number of likely N-dealkylation sites (N-methyl/N-ethyl adjacent to an activating group) is 1. The molecule has 0 bridgehead atoms. The summed E-state index contributed by atoms with van der Waals surface area (Å²) in [4.78, 5) is 12.1. The van der Waals surface area contributed by atoms with Crippen molar-refractivity contribution in [3.8, 4) is 0 Å². The fourth-order valence-electron chi connectivity index (χ4n) is 2.00. The average Bonchev–Trinajstić information content (AvgIpc) is 2.87. The van der Waals surface area contributed by atoms with Gasteiger partial charge >= 0.3 is 0 Å². The molecule has 8 heteroatoms. The molecule has 0 aliphatic rings. The van der Waals surface area contributed by atoms with Gasteiger partial charge in [0.1, 0.15) is 17.7 Å². The number of aromatic nitrogens is 2. The molecule has 120 valence electrons. The van der Waals surface area contributed by atoms with Crippen molar-refractivity contribution in [2.75, 3.05) is 7.05 Å². The van der Waals surface area contributed by atoms with Crippen LogP contribution in [0.4, 0.5) is 8.78 Å². The van der Waals surface area contributed by atoms with Crippen LogP contribution < -0.4 is 10.6 Å². The third-order valence-electron chi connectivity index (χ3n) is 3.07. The van der Waals surface area contributed by atoms with Crippen LogP contribution in [0.2, 0.25) is 0 Å². The van der Waals surface area contributed by atoms with E-state index in [1.54, 1.807) is 31.2 Å². The van der Waals surface area contributed by atoms with Gasteiger partial charge in [-0.2, -0.15) is 5.10 Å². The Morgan fingerprint density at radius 3 is 2.73 bits per heavy atom. The number of halogens is 3. The van der Waals surface area contributed by atoms with Gasteiger partial charge in [0.2, 0.25) is 5.91 Å². The summed E-state index contributed by atoms with van der Waals surface area (Å²) in [5.41, 5.74) is 0.793. The number of benzene rings is 1. The maximum Gasteiger partial charge on any atom is 0.242 e. The van der Waals surface area contributed by atoms with E-state index in [0.717, 1.165) is 18.2 Å². The number of carbonyl (C=O) groups excluding carboxylic acids is 1. The first kappa shape index (κ1) is 18.1. The standard InChI is InChI=1S/C14H16F2N4O.ClH/c1-17-13(10-7-19-20(2)8-10)14(21)18-6-9-5-11(15)3-4-12(9)16;/h3-5,7-8,13,17H,6H2,1-2H3,(H,18,21);1H. The molecule has 1 unspecified atom stereocenters. The predicted octanol–water partition coefficient (Wildman–Crippen LogP) is 1.70. The minimum atomic E-state index is -0.602. The number of hydrogen-bond donors (Lipinski definition) is 2. The van der Waals surface area contributed by atoms with Crippen molar-refractivity contribution < 1.29 is 13.6 Å². The number of nitrogens with one attached hydrogen (secondary N) is 2. The summed E-state index contributed by atoms with van der Waals surface area (Å²) in [6.07, 6.45) is 3.28. The maximum atomic E-state index is 13.5. The second kappa shape index (κ2) is 7.86. The number of amides is 1. The first-order valence-corrected chi connectivity index (χ1v) is 6.38. The molecule has 2 rings (SSSR count). The van der Waals surface area contributed by atoms with Crippen LogP contribution in [0.15, 0.2) is 30.6 Å². The Morgan fingerprint density at radius 2 is 2.14 bits per heavy atom. The van der Waals surface area contributed by atoms with Gasteiger partial charge in [0.15, 0.2) is 0 Å². The molecule has 1 aromatic heterocycles. The van der Waals surface area contributed by atoms with Crippen LogP contribution in [-0.2, 0) is 18.4 Å². The third kappa shape index (κ3) is 4.25. The van der Waals surface area contributed by atoms with Gasteiger partial charge in [-0.1, -0.05) is 0 Å². The van der Waals surface area contributed by atoms with Crippen molar-refractivity contribution in [3.05, 3.63) is 53.4 Å². The van der Waals surface area contributed by atoms with E-state index in [1.807, 2.05) is 0 Å². The van der Waals surface area contributed by atoms with Gasteiger partial charge in [0.25, 0.3) is 0 Å². The molecule has 0 saturated carbocycles. The van der Waals surface area contributed by atoms with Crippen molar-refractivity contribution in [3.63, 3.8) is 0 Å². The molecule has 0 fully saturated rings. The van der Waals surface area contributed by atoms with Gasteiger partial charge in [0, 0.05) is 30.9 Å². The monoisotopic (exact) mass is 330 g/mol. The van der Waals surface area contributed by atoms with Gasteiger partial charge in [-0.3, -0.25) is 9.48 Å². The van der Waals surface area contributed by atoms with E-state index < -0.39 is 17.7 Å². The van der Waals surface area contributed by atoms with Gasteiger partial charge in [-0.15, -0.1) is 12.4 Å². The molecular weight excluding hydrogens is 314 g/mol. The van der Waals surface area contributed by atoms with E-state index >= 15 is 0 Å². The number of hydrogen-bond acceptors (Lipinski definition) is 3. The van der Waals surface area contributed by atoms with Crippen LogP contribution >= 0.6 is 12.4 Å². The highest BCUT2D eigenvalue weighted by Crippen LogP contribution is 2.13. The summed E-state index contributed by atoms with van der Waals surface area (Å²) in [6.45, 7) is -0.0825. The van der Waals surface area contributed by atoms with E-state index in [2.05, 4.69) is 15.7 Å². The Balaban J connectivity index is 0.00000242. The minimum Gasteiger partial charge on any atom is -0.350 e. The molecule has 1 amide bonds. The lowest BCUT2D eigenvalue weighted by atomic mass is 10.1. The fraction of sp³-hybridized carbons (Fsp3) is 0.286. The highest BCUT2D eigenvalue weighted by atomic mass is 35.5. The Bertz CT molecular complexity index is 648. The molecule has 0 saturated heterocycles. The van der Waals surface area contributed by atoms with E-state index in [0.29, 0.717) is 5.56 Å². The predicted molar refractivity (Wildman–Crippen MR) is 80.5 cm³/mol. The zero-order valence-corrected chi connectivity index (χ0v) is 13.0. The molecule has 0 spiro atoms. The first-order chi connectivity index (χ1) is 10.0. The molecule has 22 heavy (non-hydrogen) atoms. The van der Waals surface area contributed by atoms with Crippen molar-refractivity contribution in [2.45, 2.75) is 12.6 Å². The van der Waals surface area contributed by atoms with Gasteiger partial charge in [-0.25, -0.2) is 8.78 Å². The molecule has 1 heterocycles. The number of nitrogens with zero attached hydrogens (tertiary/aromatic N) is 2. The SMILES string of the molecule is CNC(C(=O)NCc1cc(F)ccc1F)c1cnn(C)c1.Cl. The van der Waals surface area contributed by atoms with Crippen LogP contribution in [-0.4, -0.2) is 22.7 Å². The Hall–Kier alpha value is -1.99. The highest BCUT2D eigenvalue weighted by molar-refractivity contribution is 5.85. The normalized spacial score (nSPS) is 11.6. The number of rotatable bonds is 5. The Morgan fingerprint density at radius 1 is 1.41 bits per heavy atom. The van der Waals surface area contributed by atoms with E-state index in [-0.39, 0.29) is 30.4 Å². The quantitative estimate of drug-likeness (QED) is 0.877. The fourth-order valence-corrected chi connectivity index (χ4v) is 2.00. The second-order valence-corrected chi connectivity index (χ2v) is 4.62. The van der Waals surface area contributed by atoms with Crippen molar-refractivity contribution >= 4 is 18.3 Å². The lowest BCUT2D eigenvalue weighted by molar-refractivity contribution is -0.123. The highest BCUT2D eigenvalue weighted by Gasteiger charge is 2.20. The molecule has 2 N–H and O–H groups in total. The van der Waals surface area contributed by atoms with E-state index in [4.69, 9.17) is 0 Å². The van der Waals surface area contributed by atoms with Crippen LogP contribution in [0.3, 0.4) is 0 Å². The van der Waals surface area contributed by atoms with Crippen molar-refractivity contribution in [1.29, 1.82) is 0 Å². The minimum absolute atomic E-state index is 0. The zero-order chi connectivity index (χ0) is 15.4. The summed E-state index contributed by atoms with van der Waals surface area (Å²) in [5.74, 6) is -1.44. The summed E-state index contributed by atoms with van der Waals surface area (Å²) >= 11 is 0. The summed E-state index contributed by atoms with van der Waals surface area (Å²) in [7, 11) is 3.39. The lowest BCUT2D eigenvalue weighted by Crippen LogP contribution is -2.35. The van der Waals surface area contributed by atoms with Crippen molar-refractivity contribution in [2.24, 2.45) is 7.05 Å².